The zero-order chi connectivity index (χ0) is 20.2. The van der Waals surface area contributed by atoms with Crippen LogP contribution in [0.3, 0.4) is 0 Å². The lowest BCUT2D eigenvalue weighted by Crippen LogP contribution is -2.51. The molecule has 5 aliphatic rings. The number of ether oxygens (including phenoxy) is 2. The van der Waals surface area contributed by atoms with Gasteiger partial charge in [-0.15, -0.1) is 0 Å². The summed E-state index contributed by atoms with van der Waals surface area (Å²) in [4.78, 5) is 26.8. The number of hydrogen-bond acceptors (Lipinski definition) is 4. The van der Waals surface area contributed by atoms with Crippen LogP contribution in [-0.2, 0) is 19.1 Å². The fourth-order valence-electron chi connectivity index (χ4n) is 7.11. The molecule has 0 unspecified atom stereocenters. The third-order valence-electron chi connectivity index (χ3n) is 8.53. The van der Waals surface area contributed by atoms with Crippen molar-refractivity contribution in [2.75, 3.05) is 0 Å². The second-order valence-corrected chi connectivity index (χ2v) is 10.9. The Labute approximate surface area is 167 Å². The van der Waals surface area contributed by atoms with Crippen LogP contribution in [0.1, 0.15) is 67.2 Å². The Morgan fingerprint density at radius 2 is 1.04 bits per heavy atom. The lowest BCUT2D eigenvalue weighted by atomic mass is 9.66. The standard InChI is InChI=1S/C24H32O4/c1-11-7-9-13-15(11)17-19(25)20(26)18-16-12(2)8-10-14(16)24(5,6)28-22(18)21(17)27-23(13,3)4/h11-16H,7-10H2,1-6H3/t11-,12-,13+,14+,15+,16+/m0/s1. The van der Waals surface area contributed by atoms with Crippen LogP contribution in [0.2, 0.25) is 0 Å². The van der Waals surface area contributed by atoms with Gasteiger partial charge in [0.15, 0.2) is 11.5 Å². The van der Waals surface area contributed by atoms with Gasteiger partial charge in [-0.3, -0.25) is 9.59 Å². The number of fused-ring (bicyclic) bond motifs is 5. The molecular weight excluding hydrogens is 352 g/mol. The van der Waals surface area contributed by atoms with Gasteiger partial charge in [-0.2, -0.15) is 0 Å². The highest BCUT2D eigenvalue weighted by atomic mass is 16.6. The molecule has 0 N–H and O–H groups in total. The molecule has 2 fully saturated rings. The van der Waals surface area contributed by atoms with E-state index in [2.05, 4.69) is 41.5 Å². The minimum atomic E-state index is -0.362. The molecule has 5 rings (SSSR count). The summed E-state index contributed by atoms with van der Waals surface area (Å²) in [5.74, 6) is 2.02. The predicted molar refractivity (Wildman–Crippen MR) is 105 cm³/mol. The number of ketones is 2. The van der Waals surface area contributed by atoms with E-state index in [0.29, 0.717) is 34.5 Å². The molecule has 2 heterocycles. The van der Waals surface area contributed by atoms with Crippen molar-refractivity contribution in [3.63, 3.8) is 0 Å². The summed E-state index contributed by atoms with van der Waals surface area (Å²) in [6.07, 6.45) is 4.22. The predicted octanol–water partition coefficient (Wildman–Crippen LogP) is 4.59. The van der Waals surface area contributed by atoms with Gasteiger partial charge < -0.3 is 9.47 Å². The van der Waals surface area contributed by atoms with E-state index in [1.54, 1.807) is 0 Å². The molecule has 0 amide bonds. The zero-order valence-electron chi connectivity index (χ0n) is 17.9. The Hall–Kier alpha value is -1.58. The smallest absolute Gasteiger partial charge is 0.233 e. The molecule has 4 nitrogen and oxygen atoms in total. The van der Waals surface area contributed by atoms with E-state index in [9.17, 15) is 9.59 Å². The molecule has 0 bridgehead atoms. The van der Waals surface area contributed by atoms with Crippen molar-refractivity contribution < 1.29 is 19.1 Å². The average molecular weight is 385 g/mol. The van der Waals surface area contributed by atoms with E-state index in [4.69, 9.17) is 9.47 Å². The first-order chi connectivity index (χ1) is 13.0. The monoisotopic (exact) mass is 384 g/mol. The maximum absolute atomic E-state index is 13.4. The molecule has 0 saturated heterocycles. The van der Waals surface area contributed by atoms with E-state index >= 15 is 0 Å². The van der Waals surface area contributed by atoms with E-state index in [1.165, 1.54) is 0 Å². The summed E-state index contributed by atoms with van der Waals surface area (Å²) in [5, 5.41) is 0. The largest absolute Gasteiger partial charge is 0.483 e. The number of carbonyl (C=O) groups is 2. The summed E-state index contributed by atoms with van der Waals surface area (Å²) in [6.45, 7) is 12.9. The first-order valence-corrected chi connectivity index (χ1v) is 11.0. The van der Waals surface area contributed by atoms with E-state index < -0.39 is 0 Å². The molecule has 2 saturated carbocycles. The van der Waals surface area contributed by atoms with Crippen molar-refractivity contribution in [3.8, 4) is 0 Å². The number of allylic oxidation sites excluding steroid dienone is 2. The quantitative estimate of drug-likeness (QED) is 0.453. The maximum atomic E-state index is 13.4. The Morgan fingerprint density at radius 1 is 0.679 bits per heavy atom. The highest BCUT2D eigenvalue weighted by Crippen LogP contribution is 2.59. The fraction of sp³-hybridized carbons (Fsp3) is 0.750. The minimum absolute atomic E-state index is 0.0923. The zero-order valence-corrected chi connectivity index (χ0v) is 17.9. The Bertz CT molecular complexity index is 773. The van der Waals surface area contributed by atoms with Crippen molar-refractivity contribution in [1.82, 2.24) is 0 Å². The van der Waals surface area contributed by atoms with Crippen molar-refractivity contribution >= 4 is 11.6 Å². The van der Waals surface area contributed by atoms with Gasteiger partial charge in [0.1, 0.15) is 11.2 Å². The lowest BCUT2D eigenvalue weighted by Gasteiger charge is -2.50. The van der Waals surface area contributed by atoms with Crippen molar-refractivity contribution in [2.45, 2.75) is 78.4 Å². The van der Waals surface area contributed by atoms with E-state index in [1.807, 2.05) is 0 Å². The van der Waals surface area contributed by atoms with Crippen LogP contribution < -0.4 is 0 Å². The van der Waals surface area contributed by atoms with Gasteiger partial charge in [0, 0.05) is 23.7 Å². The highest BCUT2D eigenvalue weighted by molar-refractivity contribution is 6.50. The Balaban J connectivity index is 1.75. The van der Waals surface area contributed by atoms with Crippen LogP contribution in [-0.4, -0.2) is 22.8 Å². The highest BCUT2D eigenvalue weighted by Gasteiger charge is 2.60. The number of hydrogen-bond donors (Lipinski definition) is 0. The Kier molecular flexibility index (Phi) is 3.63. The Morgan fingerprint density at radius 3 is 1.39 bits per heavy atom. The number of Topliss-reactive ketones (excluding diaryl/α,β-unsaturated/α-hetero) is 2. The van der Waals surface area contributed by atoms with Crippen molar-refractivity contribution in [1.29, 1.82) is 0 Å². The summed E-state index contributed by atoms with van der Waals surface area (Å²) in [7, 11) is 0. The fourth-order valence-corrected chi connectivity index (χ4v) is 7.11. The summed E-state index contributed by atoms with van der Waals surface area (Å²) >= 11 is 0. The molecule has 0 spiro atoms. The maximum Gasteiger partial charge on any atom is 0.233 e. The summed E-state index contributed by atoms with van der Waals surface area (Å²) < 4.78 is 13.1. The van der Waals surface area contributed by atoms with Gasteiger partial charge in [-0.05, 0) is 65.2 Å². The van der Waals surface area contributed by atoms with E-state index in [0.717, 1.165) is 25.7 Å². The topological polar surface area (TPSA) is 52.6 Å². The molecule has 0 aromatic heterocycles. The van der Waals surface area contributed by atoms with E-state index in [-0.39, 0.29) is 46.4 Å². The first-order valence-electron chi connectivity index (χ1n) is 11.0. The van der Waals surface area contributed by atoms with Crippen LogP contribution in [0.25, 0.3) is 0 Å². The SMILES string of the molecule is C[C@H]1CC[C@@H]2[C@@H]1C1=C(OC2(C)C)C2=C(C(=O)C1=O)[C@H]1[C@@H](CC[C@@H]1C)C(C)(C)O2. The molecule has 6 atom stereocenters. The molecule has 0 aromatic rings. The van der Waals surface area contributed by atoms with Crippen LogP contribution in [0, 0.1) is 35.5 Å². The molecule has 0 radical (unpaired) electrons. The lowest BCUT2D eigenvalue weighted by molar-refractivity contribution is -0.140. The van der Waals surface area contributed by atoms with Crippen molar-refractivity contribution in [2.24, 2.45) is 35.5 Å². The van der Waals surface area contributed by atoms with Gasteiger partial charge in [0.05, 0.1) is 11.1 Å². The second kappa shape index (κ2) is 5.52. The summed E-state index contributed by atoms with van der Waals surface area (Å²) in [5.41, 5.74) is 0.494. The molecular formula is C24H32O4. The minimum Gasteiger partial charge on any atom is -0.483 e. The average Bonchev–Trinajstić information content (AvgIpc) is 3.17. The molecule has 152 valence electrons. The van der Waals surface area contributed by atoms with Gasteiger partial charge in [-0.1, -0.05) is 13.8 Å². The van der Waals surface area contributed by atoms with Crippen LogP contribution in [0.4, 0.5) is 0 Å². The summed E-state index contributed by atoms with van der Waals surface area (Å²) in [6, 6.07) is 0. The third kappa shape index (κ3) is 2.18. The molecule has 28 heavy (non-hydrogen) atoms. The van der Waals surface area contributed by atoms with Crippen LogP contribution in [0.5, 0.6) is 0 Å². The second-order valence-electron chi connectivity index (χ2n) is 10.9. The number of carbonyl (C=O) groups excluding carboxylic acids is 2. The number of rotatable bonds is 0. The van der Waals surface area contributed by atoms with Gasteiger partial charge >= 0.3 is 0 Å². The normalized spacial score (nSPS) is 43.1. The van der Waals surface area contributed by atoms with Gasteiger partial charge in [0.25, 0.3) is 0 Å². The van der Waals surface area contributed by atoms with Gasteiger partial charge in [-0.25, -0.2) is 0 Å². The molecule has 4 heteroatoms. The van der Waals surface area contributed by atoms with Gasteiger partial charge in [0.2, 0.25) is 11.6 Å². The van der Waals surface area contributed by atoms with Crippen LogP contribution >= 0.6 is 0 Å². The first kappa shape index (κ1) is 18.4. The molecule has 0 aromatic carbocycles. The molecule has 2 aliphatic heterocycles. The van der Waals surface area contributed by atoms with Crippen LogP contribution in [0.15, 0.2) is 22.7 Å². The van der Waals surface area contributed by atoms with Crippen molar-refractivity contribution in [3.05, 3.63) is 22.7 Å². The third-order valence-corrected chi connectivity index (χ3v) is 8.53. The molecule has 3 aliphatic carbocycles.